The molecule has 3 heterocycles. The summed E-state index contributed by atoms with van der Waals surface area (Å²) in [6.45, 7) is 5.98. The standard InChI is InChI=1S/C27H32N4O3/c1-33-22-10-7-20-5-4-6-24(23(20)19-22)31-16-14-30(15-17-31)13-2-3-18-34-26-12-9-21-8-11-25(32)28-27(21)29-26/h4-6,8-12H,2-3,7,13-19H2,1H3,(H,28,29,32). The fourth-order valence-corrected chi connectivity index (χ4v) is 4.86. The van der Waals surface area contributed by atoms with Gasteiger partial charge >= 0.3 is 0 Å². The Morgan fingerprint density at radius 1 is 1.03 bits per heavy atom. The van der Waals surface area contributed by atoms with Crippen molar-refractivity contribution in [1.29, 1.82) is 0 Å². The van der Waals surface area contributed by atoms with E-state index in [0.29, 0.717) is 18.1 Å². The Balaban J connectivity index is 1.06. The molecule has 2 aliphatic rings. The Morgan fingerprint density at radius 2 is 1.88 bits per heavy atom. The van der Waals surface area contributed by atoms with Crippen LogP contribution in [0.1, 0.15) is 24.0 Å². The zero-order chi connectivity index (χ0) is 23.3. The molecule has 0 saturated carbocycles. The fourth-order valence-electron chi connectivity index (χ4n) is 4.86. The van der Waals surface area contributed by atoms with Gasteiger partial charge in [0.2, 0.25) is 11.4 Å². The van der Waals surface area contributed by atoms with Crippen molar-refractivity contribution >= 4 is 16.7 Å². The number of rotatable bonds is 8. The molecule has 0 bridgehead atoms. The Labute approximate surface area is 200 Å². The SMILES string of the molecule is COC1=CCc2cccc(N3CCN(CCCCOc4ccc5ccc(=O)[nH]c5n4)CC3)c2C1. The number of benzene rings is 1. The number of aromatic nitrogens is 2. The van der Waals surface area contributed by atoms with Gasteiger partial charge in [0, 0.05) is 55.8 Å². The third-order valence-corrected chi connectivity index (χ3v) is 6.80. The molecular weight excluding hydrogens is 428 g/mol. The molecule has 0 spiro atoms. The van der Waals surface area contributed by atoms with Crippen molar-refractivity contribution in [3.8, 4) is 5.88 Å². The number of pyridine rings is 2. The van der Waals surface area contributed by atoms with Gasteiger partial charge in [-0.25, -0.2) is 0 Å². The lowest BCUT2D eigenvalue weighted by Crippen LogP contribution is -2.47. The molecule has 7 nitrogen and oxygen atoms in total. The van der Waals surface area contributed by atoms with E-state index in [1.165, 1.54) is 22.9 Å². The summed E-state index contributed by atoms with van der Waals surface area (Å²) in [6.07, 6.45) is 6.12. The Bertz CT molecular complexity index is 1230. The van der Waals surface area contributed by atoms with Crippen molar-refractivity contribution < 1.29 is 9.47 Å². The smallest absolute Gasteiger partial charge is 0.249 e. The Morgan fingerprint density at radius 3 is 2.74 bits per heavy atom. The van der Waals surface area contributed by atoms with Crippen LogP contribution in [-0.4, -0.2) is 61.3 Å². The highest BCUT2D eigenvalue weighted by Crippen LogP contribution is 2.31. The normalized spacial score (nSPS) is 16.3. The molecule has 0 amide bonds. The number of nitrogens with one attached hydrogen (secondary N) is 1. The second-order valence-electron chi connectivity index (χ2n) is 8.96. The van der Waals surface area contributed by atoms with Gasteiger partial charge in [-0.2, -0.15) is 4.98 Å². The highest BCUT2D eigenvalue weighted by molar-refractivity contribution is 5.74. The van der Waals surface area contributed by atoms with Gasteiger partial charge in [-0.1, -0.05) is 12.1 Å². The largest absolute Gasteiger partial charge is 0.501 e. The minimum atomic E-state index is -0.152. The second kappa shape index (κ2) is 10.3. The minimum Gasteiger partial charge on any atom is -0.501 e. The van der Waals surface area contributed by atoms with Crippen LogP contribution in [0.3, 0.4) is 0 Å². The van der Waals surface area contributed by atoms with Crippen LogP contribution in [0.15, 0.2) is 59.1 Å². The number of nitrogens with zero attached hydrogens (tertiary/aromatic N) is 3. The summed E-state index contributed by atoms with van der Waals surface area (Å²) in [4.78, 5) is 23.7. The van der Waals surface area contributed by atoms with Crippen LogP contribution in [0.2, 0.25) is 0 Å². The Kier molecular flexibility index (Phi) is 6.81. The highest BCUT2D eigenvalue weighted by Gasteiger charge is 2.22. The van der Waals surface area contributed by atoms with Gasteiger partial charge < -0.3 is 19.4 Å². The van der Waals surface area contributed by atoms with E-state index in [1.807, 2.05) is 12.1 Å². The van der Waals surface area contributed by atoms with E-state index in [9.17, 15) is 4.79 Å². The second-order valence-corrected chi connectivity index (χ2v) is 8.96. The number of H-pyrrole nitrogens is 1. The maximum atomic E-state index is 11.5. The van der Waals surface area contributed by atoms with Crippen molar-refractivity contribution in [2.45, 2.75) is 25.7 Å². The van der Waals surface area contributed by atoms with Gasteiger partial charge in [0.1, 0.15) is 5.65 Å². The summed E-state index contributed by atoms with van der Waals surface area (Å²) < 4.78 is 11.3. The molecule has 7 heteroatoms. The average Bonchev–Trinajstić information content (AvgIpc) is 2.88. The van der Waals surface area contributed by atoms with Gasteiger partial charge in [-0.3, -0.25) is 9.69 Å². The number of hydrogen-bond acceptors (Lipinski definition) is 6. The maximum Gasteiger partial charge on any atom is 0.249 e. The summed E-state index contributed by atoms with van der Waals surface area (Å²) in [7, 11) is 1.77. The molecule has 1 saturated heterocycles. The van der Waals surface area contributed by atoms with Crippen molar-refractivity contribution in [3.63, 3.8) is 0 Å². The number of ether oxygens (including phenoxy) is 2. The molecule has 2 aromatic heterocycles. The molecule has 1 aliphatic carbocycles. The third-order valence-electron chi connectivity index (χ3n) is 6.80. The van der Waals surface area contributed by atoms with Gasteiger partial charge in [0.15, 0.2) is 0 Å². The van der Waals surface area contributed by atoms with E-state index in [1.54, 1.807) is 13.2 Å². The van der Waals surface area contributed by atoms with Gasteiger partial charge in [0.25, 0.3) is 0 Å². The predicted octanol–water partition coefficient (Wildman–Crippen LogP) is 3.53. The first-order valence-corrected chi connectivity index (χ1v) is 12.1. The lowest BCUT2D eigenvalue weighted by molar-refractivity contribution is 0.236. The molecule has 178 valence electrons. The molecule has 3 aromatic rings. The molecule has 1 fully saturated rings. The van der Waals surface area contributed by atoms with E-state index >= 15 is 0 Å². The van der Waals surface area contributed by atoms with Gasteiger partial charge in [-0.05, 0) is 61.2 Å². The molecule has 1 aliphatic heterocycles. The van der Waals surface area contributed by atoms with E-state index in [0.717, 1.165) is 69.6 Å². The molecule has 34 heavy (non-hydrogen) atoms. The lowest BCUT2D eigenvalue weighted by atomic mass is 9.93. The molecular formula is C27H32N4O3. The van der Waals surface area contributed by atoms with E-state index < -0.39 is 0 Å². The molecule has 1 N–H and O–H groups in total. The molecule has 0 unspecified atom stereocenters. The number of hydrogen-bond donors (Lipinski definition) is 1. The molecule has 0 radical (unpaired) electrons. The van der Waals surface area contributed by atoms with Crippen LogP contribution < -0.4 is 15.2 Å². The summed E-state index contributed by atoms with van der Waals surface area (Å²) >= 11 is 0. The van der Waals surface area contributed by atoms with E-state index in [2.05, 4.69) is 44.0 Å². The molecule has 0 atom stereocenters. The highest BCUT2D eigenvalue weighted by atomic mass is 16.5. The van der Waals surface area contributed by atoms with Crippen LogP contribution in [0.25, 0.3) is 11.0 Å². The monoisotopic (exact) mass is 460 g/mol. The van der Waals surface area contributed by atoms with Gasteiger partial charge in [-0.15, -0.1) is 0 Å². The first kappa shape index (κ1) is 22.5. The van der Waals surface area contributed by atoms with Crippen molar-refractivity contribution in [1.82, 2.24) is 14.9 Å². The summed E-state index contributed by atoms with van der Waals surface area (Å²) in [5, 5.41) is 0.901. The fraction of sp³-hybridized carbons (Fsp3) is 0.407. The number of aromatic amines is 1. The van der Waals surface area contributed by atoms with E-state index in [4.69, 9.17) is 9.47 Å². The predicted molar refractivity (Wildman–Crippen MR) is 135 cm³/mol. The average molecular weight is 461 g/mol. The van der Waals surface area contributed by atoms with E-state index in [-0.39, 0.29) is 5.56 Å². The van der Waals surface area contributed by atoms with Crippen molar-refractivity contribution in [3.05, 3.63) is 75.8 Å². The summed E-state index contributed by atoms with van der Waals surface area (Å²) in [5.41, 5.74) is 4.64. The summed E-state index contributed by atoms with van der Waals surface area (Å²) in [6, 6.07) is 13.7. The first-order chi connectivity index (χ1) is 16.7. The topological polar surface area (TPSA) is 70.7 Å². The van der Waals surface area contributed by atoms with Crippen LogP contribution >= 0.6 is 0 Å². The van der Waals surface area contributed by atoms with Crippen molar-refractivity contribution in [2.24, 2.45) is 0 Å². The molecule has 5 rings (SSSR count). The maximum absolute atomic E-state index is 11.5. The lowest BCUT2D eigenvalue weighted by Gasteiger charge is -2.37. The zero-order valence-electron chi connectivity index (χ0n) is 19.8. The Hall–Kier alpha value is -3.32. The third kappa shape index (κ3) is 5.09. The quantitative estimate of drug-likeness (QED) is 0.519. The minimum absolute atomic E-state index is 0.152. The number of anilines is 1. The zero-order valence-corrected chi connectivity index (χ0v) is 19.8. The van der Waals surface area contributed by atoms with Crippen LogP contribution in [0, 0.1) is 0 Å². The number of methoxy groups -OCH3 is 1. The number of unbranched alkanes of at least 4 members (excludes halogenated alkanes) is 1. The number of piperazine rings is 1. The summed E-state index contributed by atoms with van der Waals surface area (Å²) in [5.74, 6) is 1.63. The number of allylic oxidation sites excluding steroid dienone is 2. The first-order valence-electron chi connectivity index (χ1n) is 12.1. The van der Waals surface area contributed by atoms with Crippen LogP contribution in [0.4, 0.5) is 5.69 Å². The molecule has 1 aromatic carbocycles. The number of fused-ring (bicyclic) bond motifs is 2. The van der Waals surface area contributed by atoms with Crippen LogP contribution in [0.5, 0.6) is 5.88 Å². The van der Waals surface area contributed by atoms with Crippen molar-refractivity contribution in [2.75, 3.05) is 51.3 Å². The van der Waals surface area contributed by atoms with Crippen LogP contribution in [-0.2, 0) is 17.6 Å². The van der Waals surface area contributed by atoms with Gasteiger partial charge in [0.05, 0.1) is 19.5 Å².